The number of phenols is 1. The first-order valence-corrected chi connectivity index (χ1v) is 4.89. The molecule has 6 heteroatoms. The summed E-state index contributed by atoms with van der Waals surface area (Å²) in [5.41, 5.74) is 0. The molecule has 0 unspecified atom stereocenters. The molecule has 1 rings (SSSR count). The van der Waals surface area contributed by atoms with E-state index in [-0.39, 0.29) is 16.4 Å². The molecule has 5 nitrogen and oxygen atoms in total. The summed E-state index contributed by atoms with van der Waals surface area (Å²) in [7, 11) is -2.53. The van der Waals surface area contributed by atoms with Gasteiger partial charge in [0.05, 0.1) is 7.11 Å². The van der Waals surface area contributed by atoms with Crippen LogP contribution in [-0.4, -0.2) is 20.6 Å². The van der Waals surface area contributed by atoms with Crippen molar-refractivity contribution in [2.24, 2.45) is 5.14 Å². The van der Waals surface area contributed by atoms with Crippen molar-refractivity contribution in [3.63, 3.8) is 0 Å². The lowest BCUT2D eigenvalue weighted by Gasteiger charge is -2.05. The number of sulfonamides is 1. The third kappa shape index (κ3) is 2.10. The lowest BCUT2D eigenvalue weighted by atomic mass is 10.3. The lowest BCUT2D eigenvalue weighted by molar-refractivity contribution is 0.399. The van der Waals surface area contributed by atoms with Crippen LogP contribution in [0.25, 0.3) is 0 Å². The molecule has 0 atom stereocenters. The van der Waals surface area contributed by atoms with E-state index in [9.17, 15) is 8.42 Å². The number of hydrogen-bond donors (Lipinski definition) is 2. The van der Waals surface area contributed by atoms with Crippen LogP contribution in [0.5, 0.6) is 11.5 Å². The Morgan fingerprint density at radius 2 is 2.08 bits per heavy atom. The van der Waals surface area contributed by atoms with Gasteiger partial charge in [-0.2, -0.15) is 0 Å². The van der Waals surface area contributed by atoms with Crippen LogP contribution < -0.4 is 9.88 Å². The highest BCUT2D eigenvalue weighted by molar-refractivity contribution is 7.89. The highest BCUT2D eigenvalue weighted by atomic mass is 32.2. The number of benzene rings is 1. The molecular formula is C7H9NO4S. The molecule has 0 aliphatic carbocycles. The second kappa shape index (κ2) is 3.23. The van der Waals surface area contributed by atoms with Gasteiger partial charge in [-0.05, 0) is 12.1 Å². The molecule has 0 aliphatic rings. The van der Waals surface area contributed by atoms with E-state index in [0.29, 0.717) is 0 Å². The Bertz CT molecular complexity index is 413. The molecule has 0 spiro atoms. The van der Waals surface area contributed by atoms with Gasteiger partial charge in [-0.1, -0.05) is 0 Å². The van der Waals surface area contributed by atoms with Gasteiger partial charge in [-0.15, -0.1) is 0 Å². The highest BCUT2D eigenvalue weighted by Gasteiger charge is 2.14. The number of methoxy groups -OCH3 is 1. The van der Waals surface area contributed by atoms with Gasteiger partial charge in [0.1, 0.15) is 16.4 Å². The Morgan fingerprint density at radius 3 is 2.54 bits per heavy atom. The molecule has 0 amide bonds. The monoisotopic (exact) mass is 203 g/mol. The van der Waals surface area contributed by atoms with E-state index in [1.807, 2.05) is 0 Å². The average Bonchev–Trinajstić information content (AvgIpc) is 2.03. The minimum Gasteiger partial charge on any atom is -0.508 e. The van der Waals surface area contributed by atoms with Gasteiger partial charge in [0.25, 0.3) is 0 Å². The molecule has 0 radical (unpaired) electrons. The third-order valence-electron chi connectivity index (χ3n) is 1.45. The topological polar surface area (TPSA) is 89.6 Å². The van der Waals surface area contributed by atoms with Crippen molar-refractivity contribution in [3.05, 3.63) is 18.2 Å². The molecule has 0 aromatic heterocycles. The van der Waals surface area contributed by atoms with Crippen LogP contribution in [0.2, 0.25) is 0 Å². The normalized spacial score (nSPS) is 11.2. The molecular weight excluding hydrogens is 194 g/mol. The summed E-state index contributed by atoms with van der Waals surface area (Å²) >= 11 is 0. The first-order valence-electron chi connectivity index (χ1n) is 3.35. The van der Waals surface area contributed by atoms with Gasteiger partial charge >= 0.3 is 0 Å². The molecule has 13 heavy (non-hydrogen) atoms. The summed E-state index contributed by atoms with van der Waals surface area (Å²) in [6.45, 7) is 0. The summed E-state index contributed by atoms with van der Waals surface area (Å²) in [4.78, 5) is -0.227. The predicted molar refractivity (Wildman–Crippen MR) is 46.0 cm³/mol. The standard InChI is InChI=1S/C7H9NO4S/c1-12-6-3-2-5(9)4-7(6)13(8,10)11/h2-4,9H,1H3,(H2,8,10,11). The van der Waals surface area contributed by atoms with Crippen molar-refractivity contribution in [1.82, 2.24) is 0 Å². The van der Waals surface area contributed by atoms with E-state index >= 15 is 0 Å². The molecule has 72 valence electrons. The zero-order chi connectivity index (χ0) is 10.1. The van der Waals surface area contributed by atoms with Crippen molar-refractivity contribution in [2.75, 3.05) is 7.11 Å². The Labute approximate surface area is 75.8 Å². The SMILES string of the molecule is COc1ccc(O)cc1S(N)(=O)=O. The maximum Gasteiger partial charge on any atom is 0.241 e. The van der Waals surface area contributed by atoms with E-state index in [1.54, 1.807) is 0 Å². The van der Waals surface area contributed by atoms with Crippen LogP contribution >= 0.6 is 0 Å². The quantitative estimate of drug-likeness (QED) is 0.710. The number of nitrogens with two attached hydrogens (primary N) is 1. The minimum atomic E-state index is -3.85. The number of primary sulfonamides is 1. The maximum atomic E-state index is 11.0. The summed E-state index contributed by atoms with van der Waals surface area (Å²) in [5.74, 6) is -0.0647. The second-order valence-electron chi connectivity index (χ2n) is 2.38. The van der Waals surface area contributed by atoms with Gasteiger partial charge in [0.2, 0.25) is 10.0 Å². The van der Waals surface area contributed by atoms with Crippen LogP contribution in [0, 0.1) is 0 Å². The summed E-state index contributed by atoms with van der Waals surface area (Å²) in [6.07, 6.45) is 0. The molecule has 0 aliphatic heterocycles. The first kappa shape index (κ1) is 9.82. The lowest BCUT2D eigenvalue weighted by Crippen LogP contribution is -2.13. The largest absolute Gasteiger partial charge is 0.508 e. The zero-order valence-electron chi connectivity index (χ0n) is 6.89. The fourth-order valence-electron chi connectivity index (χ4n) is 0.888. The number of rotatable bonds is 2. The van der Waals surface area contributed by atoms with E-state index in [0.717, 1.165) is 6.07 Å². The molecule has 0 bridgehead atoms. The van der Waals surface area contributed by atoms with Gasteiger partial charge in [-0.3, -0.25) is 0 Å². The zero-order valence-corrected chi connectivity index (χ0v) is 7.71. The first-order chi connectivity index (χ1) is 5.95. The third-order valence-corrected chi connectivity index (χ3v) is 2.39. The second-order valence-corrected chi connectivity index (χ2v) is 3.91. The fraction of sp³-hybridized carbons (Fsp3) is 0.143. The Kier molecular flexibility index (Phi) is 2.44. The number of phenolic OH excluding ortho intramolecular Hbond substituents is 1. The van der Waals surface area contributed by atoms with E-state index in [4.69, 9.17) is 15.0 Å². The van der Waals surface area contributed by atoms with Crippen molar-refractivity contribution in [2.45, 2.75) is 4.90 Å². The van der Waals surface area contributed by atoms with Crippen molar-refractivity contribution < 1.29 is 18.3 Å². The summed E-state index contributed by atoms with van der Waals surface area (Å²) < 4.78 is 26.7. The molecule has 1 aromatic rings. The van der Waals surface area contributed by atoms with Crippen molar-refractivity contribution in [1.29, 1.82) is 0 Å². The summed E-state index contributed by atoms with van der Waals surface area (Å²) in [6, 6.07) is 3.68. The van der Waals surface area contributed by atoms with E-state index < -0.39 is 10.0 Å². The fourth-order valence-corrected chi connectivity index (χ4v) is 1.60. The Balaban J connectivity index is 3.41. The molecule has 0 heterocycles. The molecule has 1 aromatic carbocycles. The van der Waals surface area contributed by atoms with Crippen LogP contribution in [0.4, 0.5) is 0 Å². The van der Waals surface area contributed by atoms with Crippen LogP contribution in [0.1, 0.15) is 0 Å². The van der Waals surface area contributed by atoms with Gasteiger partial charge < -0.3 is 9.84 Å². The molecule has 0 fully saturated rings. The molecule has 3 N–H and O–H groups in total. The maximum absolute atomic E-state index is 11.0. The molecule has 0 saturated carbocycles. The van der Waals surface area contributed by atoms with Gasteiger partial charge in [0, 0.05) is 6.07 Å². The predicted octanol–water partition coefficient (Wildman–Crippen LogP) is 0.0482. The van der Waals surface area contributed by atoms with Crippen LogP contribution in [0.15, 0.2) is 23.1 Å². The van der Waals surface area contributed by atoms with E-state index in [1.165, 1.54) is 19.2 Å². The van der Waals surface area contributed by atoms with Gasteiger partial charge in [-0.25, -0.2) is 13.6 Å². The average molecular weight is 203 g/mol. The number of hydrogen-bond acceptors (Lipinski definition) is 4. The minimum absolute atomic E-state index is 0.111. The summed E-state index contributed by atoms with van der Waals surface area (Å²) in [5, 5.41) is 13.9. The Hall–Kier alpha value is -1.27. The van der Waals surface area contributed by atoms with E-state index in [2.05, 4.69) is 0 Å². The van der Waals surface area contributed by atoms with Crippen molar-refractivity contribution in [3.8, 4) is 11.5 Å². The van der Waals surface area contributed by atoms with Crippen LogP contribution in [-0.2, 0) is 10.0 Å². The number of aromatic hydroxyl groups is 1. The smallest absolute Gasteiger partial charge is 0.241 e. The molecule has 0 saturated heterocycles. The highest BCUT2D eigenvalue weighted by Crippen LogP contribution is 2.26. The van der Waals surface area contributed by atoms with Crippen molar-refractivity contribution >= 4 is 10.0 Å². The van der Waals surface area contributed by atoms with Crippen LogP contribution in [0.3, 0.4) is 0 Å². The van der Waals surface area contributed by atoms with Gasteiger partial charge in [0.15, 0.2) is 0 Å². The Morgan fingerprint density at radius 1 is 1.46 bits per heavy atom. The number of ether oxygens (including phenoxy) is 1.